The lowest BCUT2D eigenvalue weighted by Crippen LogP contribution is -2.39. The summed E-state index contributed by atoms with van der Waals surface area (Å²) in [5, 5.41) is 12.4. The Balaban J connectivity index is 1.92. The first kappa shape index (κ1) is 10.0. The maximum atomic E-state index is 10.6. The molecule has 1 fully saturated rings. The quantitative estimate of drug-likeness (QED) is 0.764. The SMILES string of the molecule is O=C(O)OC1NCCN1c1coc2occc12. The van der Waals surface area contributed by atoms with Crippen LogP contribution in [0.5, 0.6) is 0 Å². The molecule has 3 rings (SSSR count). The van der Waals surface area contributed by atoms with Crippen LogP contribution in [0.4, 0.5) is 10.5 Å². The Hall–Kier alpha value is -2.15. The largest absolute Gasteiger partial charge is 0.508 e. The number of carbonyl (C=O) groups is 1. The van der Waals surface area contributed by atoms with Crippen molar-refractivity contribution in [1.29, 1.82) is 0 Å². The van der Waals surface area contributed by atoms with Crippen LogP contribution in [0.3, 0.4) is 0 Å². The number of hydrogen-bond donors (Lipinski definition) is 2. The lowest BCUT2D eigenvalue weighted by molar-refractivity contribution is 0.0470. The van der Waals surface area contributed by atoms with Crippen LogP contribution in [0.2, 0.25) is 0 Å². The molecular formula is C10H10N2O5. The highest BCUT2D eigenvalue weighted by atomic mass is 16.7. The molecule has 7 heteroatoms. The lowest BCUT2D eigenvalue weighted by Gasteiger charge is -2.22. The van der Waals surface area contributed by atoms with E-state index < -0.39 is 12.5 Å². The van der Waals surface area contributed by atoms with Gasteiger partial charge in [-0.1, -0.05) is 0 Å². The smallest absolute Gasteiger partial charge is 0.450 e. The summed E-state index contributed by atoms with van der Waals surface area (Å²) in [5.41, 5.74) is 0.755. The van der Waals surface area contributed by atoms with Crippen molar-refractivity contribution in [2.24, 2.45) is 0 Å². The van der Waals surface area contributed by atoms with Gasteiger partial charge >= 0.3 is 6.16 Å². The Labute approximate surface area is 95.5 Å². The van der Waals surface area contributed by atoms with Crippen LogP contribution in [0, 0.1) is 0 Å². The Bertz CT molecular complexity index is 546. The van der Waals surface area contributed by atoms with Gasteiger partial charge in [0.1, 0.15) is 6.26 Å². The van der Waals surface area contributed by atoms with Crippen molar-refractivity contribution < 1.29 is 23.5 Å². The average molecular weight is 238 g/mol. The van der Waals surface area contributed by atoms with Crippen molar-refractivity contribution in [2.75, 3.05) is 18.0 Å². The summed E-state index contributed by atoms with van der Waals surface area (Å²) >= 11 is 0. The molecular weight excluding hydrogens is 228 g/mol. The van der Waals surface area contributed by atoms with Crippen molar-refractivity contribution in [3.05, 3.63) is 18.6 Å². The van der Waals surface area contributed by atoms with Crippen LogP contribution in [0.1, 0.15) is 0 Å². The van der Waals surface area contributed by atoms with E-state index in [1.807, 2.05) is 0 Å². The van der Waals surface area contributed by atoms with Gasteiger partial charge in [-0.2, -0.15) is 0 Å². The Morgan fingerprint density at radius 1 is 1.59 bits per heavy atom. The van der Waals surface area contributed by atoms with E-state index in [1.165, 1.54) is 12.5 Å². The summed E-state index contributed by atoms with van der Waals surface area (Å²) in [5.74, 6) is 0.418. The minimum Gasteiger partial charge on any atom is -0.450 e. The summed E-state index contributed by atoms with van der Waals surface area (Å²) in [6.45, 7) is 1.28. The number of carboxylic acid groups (broad SMARTS) is 1. The molecule has 0 aliphatic carbocycles. The van der Waals surface area contributed by atoms with Crippen molar-refractivity contribution in [1.82, 2.24) is 5.32 Å². The second kappa shape index (κ2) is 3.70. The number of anilines is 1. The zero-order valence-corrected chi connectivity index (χ0v) is 8.75. The van der Waals surface area contributed by atoms with Crippen LogP contribution in [0.15, 0.2) is 27.4 Å². The van der Waals surface area contributed by atoms with Crippen molar-refractivity contribution in [3.63, 3.8) is 0 Å². The summed E-state index contributed by atoms with van der Waals surface area (Å²) in [6, 6.07) is 1.77. The average Bonchev–Trinajstić information content (AvgIpc) is 2.90. The second-order valence-electron chi connectivity index (χ2n) is 3.63. The molecule has 0 spiro atoms. The van der Waals surface area contributed by atoms with Gasteiger partial charge in [0.2, 0.25) is 6.35 Å². The molecule has 0 radical (unpaired) electrons. The van der Waals surface area contributed by atoms with Crippen molar-refractivity contribution >= 4 is 23.0 Å². The summed E-state index contributed by atoms with van der Waals surface area (Å²) in [7, 11) is 0. The minimum absolute atomic E-state index is 0.418. The molecule has 17 heavy (non-hydrogen) atoms. The number of nitrogens with zero attached hydrogens (tertiary/aromatic N) is 1. The maximum Gasteiger partial charge on any atom is 0.508 e. The van der Waals surface area contributed by atoms with Gasteiger partial charge in [0, 0.05) is 13.1 Å². The Morgan fingerprint density at radius 2 is 2.47 bits per heavy atom. The molecule has 2 aromatic rings. The molecule has 1 aliphatic heterocycles. The zero-order chi connectivity index (χ0) is 11.8. The number of furan rings is 2. The van der Waals surface area contributed by atoms with Crippen molar-refractivity contribution in [3.8, 4) is 0 Å². The van der Waals surface area contributed by atoms with Gasteiger partial charge in [-0.05, 0) is 6.07 Å². The Kier molecular flexibility index (Phi) is 2.19. The first-order valence-corrected chi connectivity index (χ1v) is 5.10. The fourth-order valence-corrected chi connectivity index (χ4v) is 1.96. The summed E-state index contributed by atoms with van der Waals surface area (Å²) in [6.07, 6.45) is 1.04. The van der Waals surface area contributed by atoms with Gasteiger partial charge in [0.15, 0.2) is 0 Å². The topological polar surface area (TPSA) is 88.1 Å². The van der Waals surface area contributed by atoms with Gasteiger partial charge in [-0.25, -0.2) is 4.79 Å². The molecule has 1 unspecified atom stereocenters. The zero-order valence-electron chi connectivity index (χ0n) is 8.75. The van der Waals surface area contributed by atoms with E-state index in [-0.39, 0.29) is 0 Å². The number of nitrogens with one attached hydrogen (secondary N) is 1. The highest BCUT2D eigenvalue weighted by molar-refractivity contribution is 5.88. The van der Waals surface area contributed by atoms with Crippen LogP contribution < -0.4 is 10.2 Å². The molecule has 1 atom stereocenters. The molecule has 1 saturated heterocycles. The summed E-state index contributed by atoms with van der Waals surface area (Å²) < 4.78 is 15.1. The van der Waals surface area contributed by atoms with E-state index in [9.17, 15) is 4.79 Å². The second-order valence-corrected chi connectivity index (χ2v) is 3.63. The molecule has 2 aromatic heterocycles. The monoisotopic (exact) mass is 238 g/mol. The third kappa shape index (κ3) is 1.60. The molecule has 90 valence electrons. The third-order valence-electron chi connectivity index (χ3n) is 2.66. The van der Waals surface area contributed by atoms with Gasteiger partial charge in [-0.3, -0.25) is 5.32 Å². The molecule has 0 amide bonds. The first-order valence-electron chi connectivity index (χ1n) is 5.10. The summed E-state index contributed by atoms with van der Waals surface area (Å²) in [4.78, 5) is 12.3. The number of ether oxygens (including phenoxy) is 1. The fourth-order valence-electron chi connectivity index (χ4n) is 1.96. The number of fused-ring (bicyclic) bond motifs is 1. The van der Waals surface area contributed by atoms with Crippen LogP contribution >= 0.6 is 0 Å². The molecule has 0 bridgehead atoms. The highest BCUT2D eigenvalue weighted by Gasteiger charge is 2.30. The molecule has 3 heterocycles. The highest BCUT2D eigenvalue weighted by Crippen LogP contribution is 2.31. The van der Waals surface area contributed by atoms with Gasteiger partial charge in [0.05, 0.1) is 17.3 Å². The predicted molar refractivity (Wildman–Crippen MR) is 56.7 cm³/mol. The maximum absolute atomic E-state index is 10.6. The number of rotatable bonds is 2. The molecule has 0 aromatic carbocycles. The predicted octanol–water partition coefficient (Wildman–Crippen LogP) is 1.41. The van der Waals surface area contributed by atoms with Gasteiger partial charge in [-0.15, -0.1) is 0 Å². The first-order chi connectivity index (χ1) is 8.25. The van der Waals surface area contributed by atoms with E-state index in [0.29, 0.717) is 18.9 Å². The molecule has 2 N–H and O–H groups in total. The minimum atomic E-state index is -1.32. The molecule has 7 nitrogen and oxygen atoms in total. The lowest BCUT2D eigenvalue weighted by atomic mass is 10.3. The standard InChI is InChI=1S/C10H10N2O5/c13-10(14)17-9-11-2-3-12(9)7-5-16-8-6(7)1-4-15-8/h1,4-5,9,11H,2-3H2,(H,13,14). The molecule has 1 aliphatic rings. The van der Waals surface area contributed by atoms with Crippen LogP contribution in [0.25, 0.3) is 11.2 Å². The third-order valence-corrected chi connectivity index (χ3v) is 2.66. The Morgan fingerprint density at radius 3 is 3.29 bits per heavy atom. The van der Waals surface area contributed by atoms with E-state index in [2.05, 4.69) is 5.32 Å². The van der Waals surface area contributed by atoms with E-state index in [1.54, 1.807) is 11.0 Å². The van der Waals surface area contributed by atoms with Gasteiger partial charge in [0.25, 0.3) is 5.78 Å². The van der Waals surface area contributed by atoms with Crippen LogP contribution in [-0.2, 0) is 4.74 Å². The molecule has 0 saturated carbocycles. The fraction of sp³-hybridized carbons (Fsp3) is 0.300. The van der Waals surface area contributed by atoms with E-state index in [4.69, 9.17) is 18.7 Å². The number of hydrogen-bond acceptors (Lipinski definition) is 6. The van der Waals surface area contributed by atoms with Crippen LogP contribution in [-0.4, -0.2) is 30.7 Å². The van der Waals surface area contributed by atoms with Crippen molar-refractivity contribution in [2.45, 2.75) is 6.35 Å². The normalized spacial score (nSPS) is 20.0. The van der Waals surface area contributed by atoms with E-state index >= 15 is 0 Å². The van der Waals surface area contributed by atoms with Gasteiger partial charge < -0.3 is 23.6 Å². The van der Waals surface area contributed by atoms with E-state index in [0.717, 1.165) is 11.1 Å².